The third kappa shape index (κ3) is 4.69. The van der Waals surface area contributed by atoms with E-state index in [-0.39, 0.29) is 24.1 Å². The number of anilines is 2. The minimum absolute atomic E-state index is 0.0428. The van der Waals surface area contributed by atoms with Gasteiger partial charge in [-0.05, 0) is 54.4 Å². The Hall–Kier alpha value is -2.61. The molecule has 0 atom stereocenters. The van der Waals surface area contributed by atoms with Gasteiger partial charge < -0.3 is 10.1 Å². The SMILES string of the molecule is O=C1CCc2cc(NS(=O)(=O)CCOc3ccc(F)cc3)ccc2N1. The highest BCUT2D eigenvalue weighted by Crippen LogP contribution is 2.26. The fourth-order valence-electron chi connectivity index (χ4n) is 2.48. The lowest BCUT2D eigenvalue weighted by Gasteiger charge is -2.18. The van der Waals surface area contributed by atoms with Gasteiger partial charge in [0.15, 0.2) is 0 Å². The number of benzene rings is 2. The molecule has 6 nitrogen and oxygen atoms in total. The van der Waals surface area contributed by atoms with Crippen molar-refractivity contribution in [2.75, 3.05) is 22.4 Å². The first-order valence-electron chi connectivity index (χ1n) is 7.73. The number of hydrogen-bond acceptors (Lipinski definition) is 4. The Morgan fingerprint density at radius 1 is 1.12 bits per heavy atom. The summed E-state index contributed by atoms with van der Waals surface area (Å²) in [5.41, 5.74) is 2.04. The third-order valence-corrected chi connectivity index (χ3v) is 4.96. The molecule has 0 bridgehead atoms. The summed E-state index contributed by atoms with van der Waals surface area (Å²) in [7, 11) is -3.59. The van der Waals surface area contributed by atoms with Gasteiger partial charge in [0.2, 0.25) is 15.9 Å². The lowest BCUT2D eigenvalue weighted by Crippen LogP contribution is -2.22. The number of ether oxygens (including phenoxy) is 1. The number of rotatable bonds is 6. The predicted molar refractivity (Wildman–Crippen MR) is 92.7 cm³/mol. The molecule has 1 heterocycles. The molecular weight excluding hydrogens is 347 g/mol. The number of aryl methyl sites for hydroxylation is 1. The van der Waals surface area contributed by atoms with Gasteiger partial charge in [0.05, 0.1) is 0 Å². The van der Waals surface area contributed by atoms with Crippen LogP contribution in [0.2, 0.25) is 0 Å². The van der Waals surface area contributed by atoms with E-state index in [1.807, 2.05) is 0 Å². The van der Waals surface area contributed by atoms with Gasteiger partial charge in [-0.15, -0.1) is 0 Å². The van der Waals surface area contributed by atoms with Crippen LogP contribution in [-0.4, -0.2) is 26.7 Å². The number of carbonyl (C=O) groups excluding carboxylic acids is 1. The van der Waals surface area contributed by atoms with E-state index < -0.39 is 10.0 Å². The summed E-state index contributed by atoms with van der Waals surface area (Å²) in [6.07, 6.45) is 0.957. The Bertz CT molecular complexity index is 882. The van der Waals surface area contributed by atoms with Crippen LogP contribution in [-0.2, 0) is 21.2 Å². The number of carbonyl (C=O) groups is 1. The van der Waals surface area contributed by atoms with Gasteiger partial charge in [0.25, 0.3) is 0 Å². The summed E-state index contributed by atoms with van der Waals surface area (Å²) in [5, 5.41) is 2.74. The van der Waals surface area contributed by atoms with E-state index in [2.05, 4.69) is 10.0 Å². The van der Waals surface area contributed by atoms with Crippen LogP contribution in [0, 0.1) is 5.82 Å². The number of hydrogen-bond donors (Lipinski definition) is 2. The molecule has 0 fully saturated rings. The normalized spacial score (nSPS) is 13.7. The van der Waals surface area contributed by atoms with Gasteiger partial charge >= 0.3 is 0 Å². The summed E-state index contributed by atoms with van der Waals surface area (Å²) in [6.45, 7) is -0.0536. The molecule has 3 rings (SSSR count). The standard InChI is InChI=1S/C17H17FN2O4S/c18-13-2-5-15(6-3-13)24-9-10-25(22,23)20-14-4-7-16-12(11-14)1-8-17(21)19-16/h2-7,11,20H,1,8-10H2,(H,19,21). The molecule has 1 amide bonds. The van der Waals surface area contributed by atoms with Crippen LogP contribution < -0.4 is 14.8 Å². The monoisotopic (exact) mass is 364 g/mol. The van der Waals surface area contributed by atoms with Crippen molar-refractivity contribution in [3.05, 3.63) is 53.8 Å². The van der Waals surface area contributed by atoms with E-state index in [0.717, 1.165) is 5.56 Å². The topological polar surface area (TPSA) is 84.5 Å². The molecule has 1 aliphatic rings. The van der Waals surface area contributed by atoms with E-state index in [9.17, 15) is 17.6 Å². The van der Waals surface area contributed by atoms with Gasteiger partial charge in [-0.2, -0.15) is 0 Å². The second-order valence-electron chi connectivity index (χ2n) is 5.64. The first-order valence-corrected chi connectivity index (χ1v) is 9.38. The summed E-state index contributed by atoms with van der Waals surface area (Å²) in [5.74, 6) is -0.261. The molecular formula is C17H17FN2O4S. The Labute approximate surface area is 145 Å². The number of halogens is 1. The number of amides is 1. The van der Waals surface area contributed by atoms with Crippen LogP contribution in [0.4, 0.5) is 15.8 Å². The zero-order valence-electron chi connectivity index (χ0n) is 13.3. The molecule has 0 aromatic heterocycles. The van der Waals surface area contributed by atoms with Crippen molar-refractivity contribution in [3.8, 4) is 5.75 Å². The maximum Gasteiger partial charge on any atom is 0.236 e. The van der Waals surface area contributed by atoms with Crippen molar-refractivity contribution in [2.45, 2.75) is 12.8 Å². The Balaban J connectivity index is 1.58. The zero-order valence-corrected chi connectivity index (χ0v) is 14.1. The van der Waals surface area contributed by atoms with Gasteiger partial charge in [-0.25, -0.2) is 12.8 Å². The molecule has 1 aliphatic heterocycles. The molecule has 2 aromatic carbocycles. The number of sulfonamides is 1. The minimum atomic E-state index is -3.59. The molecule has 0 unspecified atom stereocenters. The molecule has 0 spiro atoms. The van der Waals surface area contributed by atoms with Gasteiger partial charge in [-0.3, -0.25) is 9.52 Å². The highest BCUT2D eigenvalue weighted by molar-refractivity contribution is 7.92. The van der Waals surface area contributed by atoms with Crippen LogP contribution in [0.5, 0.6) is 5.75 Å². The van der Waals surface area contributed by atoms with Gasteiger partial charge in [0.1, 0.15) is 23.9 Å². The van der Waals surface area contributed by atoms with Crippen molar-refractivity contribution >= 4 is 27.3 Å². The second-order valence-corrected chi connectivity index (χ2v) is 7.49. The quantitative estimate of drug-likeness (QED) is 0.825. The molecule has 8 heteroatoms. The maximum absolute atomic E-state index is 12.8. The predicted octanol–water partition coefficient (Wildman–Crippen LogP) is 2.53. The average Bonchev–Trinajstić information content (AvgIpc) is 2.56. The third-order valence-electron chi connectivity index (χ3n) is 3.71. The first kappa shape index (κ1) is 17.2. The minimum Gasteiger partial charge on any atom is -0.492 e. The van der Waals surface area contributed by atoms with Crippen molar-refractivity contribution in [2.24, 2.45) is 0 Å². The summed E-state index contributed by atoms with van der Waals surface area (Å²) >= 11 is 0. The van der Waals surface area contributed by atoms with E-state index >= 15 is 0 Å². The first-order chi connectivity index (χ1) is 11.9. The van der Waals surface area contributed by atoms with Crippen molar-refractivity contribution < 1.29 is 22.3 Å². The molecule has 132 valence electrons. The van der Waals surface area contributed by atoms with Crippen molar-refractivity contribution in [1.82, 2.24) is 0 Å². The molecule has 2 N–H and O–H groups in total. The van der Waals surface area contributed by atoms with Crippen LogP contribution in [0.15, 0.2) is 42.5 Å². The second kappa shape index (κ2) is 7.10. The number of nitrogens with one attached hydrogen (secondary N) is 2. The molecule has 2 aromatic rings. The van der Waals surface area contributed by atoms with Crippen molar-refractivity contribution in [1.29, 1.82) is 0 Å². The lowest BCUT2D eigenvalue weighted by atomic mass is 10.0. The highest BCUT2D eigenvalue weighted by Gasteiger charge is 2.17. The molecule has 0 saturated carbocycles. The van der Waals surface area contributed by atoms with E-state index in [1.54, 1.807) is 18.2 Å². The highest BCUT2D eigenvalue weighted by atomic mass is 32.2. The average molecular weight is 364 g/mol. The summed E-state index contributed by atoms with van der Waals surface area (Å²) in [4.78, 5) is 11.3. The lowest BCUT2D eigenvalue weighted by molar-refractivity contribution is -0.116. The van der Waals surface area contributed by atoms with Crippen molar-refractivity contribution in [3.63, 3.8) is 0 Å². The molecule has 0 radical (unpaired) electrons. The largest absolute Gasteiger partial charge is 0.492 e. The Kier molecular flexibility index (Phi) is 4.89. The van der Waals surface area contributed by atoms with Gasteiger partial charge in [0, 0.05) is 17.8 Å². The van der Waals surface area contributed by atoms with Crippen LogP contribution in [0.3, 0.4) is 0 Å². The van der Waals surface area contributed by atoms with E-state index in [4.69, 9.17) is 4.74 Å². The smallest absolute Gasteiger partial charge is 0.236 e. The van der Waals surface area contributed by atoms with E-state index in [0.29, 0.717) is 30.0 Å². The van der Waals surface area contributed by atoms with Gasteiger partial charge in [-0.1, -0.05) is 0 Å². The fraction of sp³-hybridized carbons (Fsp3) is 0.235. The van der Waals surface area contributed by atoms with Crippen LogP contribution in [0.25, 0.3) is 0 Å². The summed E-state index contributed by atoms with van der Waals surface area (Å²) < 4.78 is 44.9. The molecule has 0 saturated heterocycles. The molecule has 25 heavy (non-hydrogen) atoms. The molecule has 0 aliphatic carbocycles. The zero-order chi connectivity index (χ0) is 17.9. The fourth-order valence-corrected chi connectivity index (χ4v) is 3.37. The van der Waals surface area contributed by atoms with E-state index in [1.165, 1.54) is 24.3 Å². The Morgan fingerprint density at radius 2 is 1.88 bits per heavy atom. The van der Waals surface area contributed by atoms with Crippen LogP contribution in [0.1, 0.15) is 12.0 Å². The summed E-state index contributed by atoms with van der Waals surface area (Å²) in [6, 6.07) is 10.4. The Morgan fingerprint density at radius 3 is 2.64 bits per heavy atom. The number of fused-ring (bicyclic) bond motifs is 1. The van der Waals surface area contributed by atoms with Crippen LogP contribution >= 0.6 is 0 Å². The maximum atomic E-state index is 12.8.